The predicted molar refractivity (Wildman–Crippen MR) is 123 cm³/mol. The summed E-state index contributed by atoms with van der Waals surface area (Å²) < 4.78 is 1.93. The molecule has 0 radical (unpaired) electrons. The third-order valence-electron chi connectivity index (χ3n) is 5.09. The van der Waals surface area contributed by atoms with Crippen molar-refractivity contribution in [1.82, 2.24) is 9.88 Å². The quantitative estimate of drug-likeness (QED) is 0.395. The summed E-state index contributed by atoms with van der Waals surface area (Å²) in [5, 5.41) is 2.72. The molecule has 0 bridgehead atoms. The molecule has 2 heterocycles. The van der Waals surface area contributed by atoms with Gasteiger partial charge in [-0.1, -0.05) is 36.8 Å². The summed E-state index contributed by atoms with van der Waals surface area (Å²) in [5.41, 5.74) is 4.66. The van der Waals surface area contributed by atoms with Crippen molar-refractivity contribution in [2.75, 3.05) is 4.90 Å². The minimum Gasteiger partial charge on any atom is -0.317 e. The molecule has 1 aromatic heterocycles. The van der Waals surface area contributed by atoms with Crippen LogP contribution in [-0.4, -0.2) is 21.5 Å². The van der Waals surface area contributed by atoms with E-state index < -0.39 is 11.8 Å². The lowest BCUT2D eigenvalue weighted by atomic mass is 10.1. The molecule has 0 aliphatic carbocycles. The Kier molecular flexibility index (Phi) is 5.33. The van der Waals surface area contributed by atoms with Crippen LogP contribution in [0.15, 0.2) is 72.4 Å². The van der Waals surface area contributed by atoms with Gasteiger partial charge in [-0.2, -0.15) is 0 Å². The van der Waals surface area contributed by atoms with Crippen LogP contribution in [0.3, 0.4) is 0 Å². The summed E-state index contributed by atoms with van der Waals surface area (Å²) in [5.74, 6) is -0.937. The number of thiocarbonyl (C=S) groups is 1. The maximum Gasteiger partial charge on any atom is 0.270 e. The number of aromatic nitrogens is 1. The Hall–Kier alpha value is -3.51. The Bertz CT molecular complexity index is 1160. The highest BCUT2D eigenvalue weighted by molar-refractivity contribution is 7.80. The van der Waals surface area contributed by atoms with E-state index in [2.05, 4.69) is 12.2 Å². The molecular formula is C24H21N3O2S. The molecule has 2 aromatic carbocycles. The molecule has 4 rings (SSSR count). The Morgan fingerprint density at radius 2 is 1.63 bits per heavy atom. The van der Waals surface area contributed by atoms with Crippen LogP contribution in [0.4, 0.5) is 5.69 Å². The summed E-state index contributed by atoms with van der Waals surface area (Å²) in [6.45, 7) is 4.09. The lowest BCUT2D eigenvalue weighted by Crippen LogP contribution is -2.54. The molecule has 1 fully saturated rings. The number of carbonyl (C=O) groups is 2. The Morgan fingerprint density at radius 1 is 0.967 bits per heavy atom. The number of anilines is 1. The molecule has 3 aromatic rings. The number of carbonyl (C=O) groups excluding carboxylic acids is 2. The lowest BCUT2D eigenvalue weighted by Gasteiger charge is -2.29. The highest BCUT2D eigenvalue weighted by atomic mass is 32.1. The minimum atomic E-state index is -0.497. The molecular weight excluding hydrogens is 394 g/mol. The molecule has 2 amide bonds. The first-order valence-electron chi connectivity index (χ1n) is 9.72. The second-order valence-electron chi connectivity index (χ2n) is 7.12. The molecule has 0 spiro atoms. The molecule has 6 heteroatoms. The third kappa shape index (κ3) is 3.69. The maximum atomic E-state index is 13.2. The highest BCUT2D eigenvalue weighted by Crippen LogP contribution is 2.24. The first kappa shape index (κ1) is 19.8. The van der Waals surface area contributed by atoms with Crippen molar-refractivity contribution < 1.29 is 9.59 Å². The van der Waals surface area contributed by atoms with Gasteiger partial charge in [0.25, 0.3) is 11.8 Å². The van der Waals surface area contributed by atoms with E-state index in [1.54, 1.807) is 6.08 Å². The summed E-state index contributed by atoms with van der Waals surface area (Å²) >= 11 is 5.28. The normalized spacial score (nSPS) is 15.6. The molecule has 5 nitrogen and oxygen atoms in total. The number of amides is 2. The summed E-state index contributed by atoms with van der Waals surface area (Å²) in [6, 6.07) is 19.4. The first-order chi connectivity index (χ1) is 14.5. The Labute approximate surface area is 180 Å². The SMILES string of the molecule is CCc1ccc(N2C(=O)/C(=C/c3cccn3-c3ccc(C)cc3)C(=O)NC2=S)cc1. The van der Waals surface area contributed by atoms with Gasteiger partial charge in [0.1, 0.15) is 5.57 Å². The van der Waals surface area contributed by atoms with E-state index in [1.807, 2.05) is 78.4 Å². The van der Waals surface area contributed by atoms with E-state index in [1.165, 1.54) is 4.90 Å². The zero-order valence-electron chi connectivity index (χ0n) is 16.8. The van der Waals surface area contributed by atoms with E-state index in [0.29, 0.717) is 5.69 Å². The van der Waals surface area contributed by atoms with Gasteiger partial charge >= 0.3 is 0 Å². The third-order valence-corrected chi connectivity index (χ3v) is 5.37. The van der Waals surface area contributed by atoms with Crippen LogP contribution in [-0.2, 0) is 16.0 Å². The molecule has 30 heavy (non-hydrogen) atoms. The van der Waals surface area contributed by atoms with Crippen LogP contribution in [0.1, 0.15) is 23.7 Å². The van der Waals surface area contributed by atoms with Crippen LogP contribution in [0.25, 0.3) is 11.8 Å². The van der Waals surface area contributed by atoms with Gasteiger partial charge in [-0.25, -0.2) is 0 Å². The van der Waals surface area contributed by atoms with Gasteiger partial charge in [0.2, 0.25) is 0 Å². The largest absolute Gasteiger partial charge is 0.317 e. The minimum absolute atomic E-state index is 0.0372. The van der Waals surface area contributed by atoms with Crippen LogP contribution in [0.2, 0.25) is 0 Å². The zero-order valence-corrected chi connectivity index (χ0v) is 17.6. The number of rotatable bonds is 4. The highest BCUT2D eigenvalue weighted by Gasteiger charge is 2.34. The van der Waals surface area contributed by atoms with Gasteiger partial charge in [-0.3, -0.25) is 19.8 Å². The average Bonchev–Trinajstić information content (AvgIpc) is 3.20. The van der Waals surface area contributed by atoms with E-state index in [9.17, 15) is 9.59 Å². The van der Waals surface area contributed by atoms with Crippen molar-refractivity contribution in [1.29, 1.82) is 0 Å². The smallest absolute Gasteiger partial charge is 0.270 e. The second kappa shape index (κ2) is 8.08. The molecule has 0 unspecified atom stereocenters. The molecule has 1 aliphatic rings. The van der Waals surface area contributed by atoms with Gasteiger partial charge in [0.05, 0.1) is 5.69 Å². The maximum absolute atomic E-state index is 13.2. The number of benzene rings is 2. The van der Waals surface area contributed by atoms with E-state index in [0.717, 1.165) is 28.9 Å². The zero-order chi connectivity index (χ0) is 21.3. The summed E-state index contributed by atoms with van der Waals surface area (Å²) in [6.07, 6.45) is 4.40. The fourth-order valence-corrected chi connectivity index (χ4v) is 3.65. The van der Waals surface area contributed by atoms with Crippen molar-refractivity contribution in [3.05, 3.63) is 89.3 Å². The number of hydrogen-bond donors (Lipinski definition) is 1. The van der Waals surface area contributed by atoms with Crippen molar-refractivity contribution >= 4 is 40.9 Å². The van der Waals surface area contributed by atoms with Gasteiger partial charge in [-0.15, -0.1) is 0 Å². The Balaban J connectivity index is 1.71. The van der Waals surface area contributed by atoms with Crippen molar-refractivity contribution in [2.45, 2.75) is 20.3 Å². The van der Waals surface area contributed by atoms with E-state index in [4.69, 9.17) is 12.2 Å². The molecule has 1 aliphatic heterocycles. The van der Waals surface area contributed by atoms with Crippen LogP contribution in [0.5, 0.6) is 0 Å². The topological polar surface area (TPSA) is 54.3 Å². The predicted octanol–water partition coefficient (Wildman–Crippen LogP) is 4.18. The van der Waals surface area contributed by atoms with Crippen LogP contribution >= 0.6 is 12.2 Å². The average molecular weight is 416 g/mol. The molecule has 1 N–H and O–H groups in total. The standard InChI is InChI=1S/C24H21N3O2S/c1-3-17-8-12-19(13-9-17)27-23(29)21(22(28)25-24(27)30)15-20-5-4-14-26(20)18-10-6-16(2)7-11-18/h4-15H,3H2,1-2H3,(H,25,28,30)/b21-15+. The monoisotopic (exact) mass is 415 g/mol. The number of hydrogen-bond acceptors (Lipinski definition) is 3. The van der Waals surface area contributed by atoms with Crippen molar-refractivity contribution in [3.8, 4) is 5.69 Å². The van der Waals surface area contributed by atoms with Gasteiger partial charge in [0.15, 0.2) is 5.11 Å². The van der Waals surface area contributed by atoms with Crippen molar-refractivity contribution in [3.63, 3.8) is 0 Å². The fraction of sp³-hybridized carbons (Fsp3) is 0.125. The van der Waals surface area contributed by atoms with Crippen LogP contribution < -0.4 is 10.2 Å². The van der Waals surface area contributed by atoms with Gasteiger partial charge in [0, 0.05) is 17.6 Å². The van der Waals surface area contributed by atoms with E-state index >= 15 is 0 Å². The van der Waals surface area contributed by atoms with Gasteiger partial charge < -0.3 is 4.57 Å². The summed E-state index contributed by atoms with van der Waals surface area (Å²) in [4.78, 5) is 27.2. The molecule has 150 valence electrons. The summed E-state index contributed by atoms with van der Waals surface area (Å²) in [7, 11) is 0. The molecule has 1 saturated heterocycles. The van der Waals surface area contributed by atoms with Crippen LogP contribution in [0, 0.1) is 6.92 Å². The van der Waals surface area contributed by atoms with E-state index in [-0.39, 0.29) is 10.7 Å². The fourth-order valence-electron chi connectivity index (χ4n) is 3.37. The first-order valence-corrected chi connectivity index (χ1v) is 10.1. The lowest BCUT2D eigenvalue weighted by molar-refractivity contribution is -0.122. The Morgan fingerprint density at radius 3 is 2.30 bits per heavy atom. The number of aryl methyl sites for hydroxylation is 2. The number of nitrogens with zero attached hydrogens (tertiary/aromatic N) is 2. The van der Waals surface area contributed by atoms with Crippen molar-refractivity contribution in [2.24, 2.45) is 0 Å². The second-order valence-corrected chi connectivity index (χ2v) is 7.50. The molecule has 0 atom stereocenters. The number of nitrogens with one attached hydrogen (secondary N) is 1. The molecule has 0 saturated carbocycles. The van der Waals surface area contributed by atoms with Gasteiger partial charge in [-0.05, 0) is 73.6 Å².